The Kier molecular flexibility index (Phi) is 6.40. The van der Waals surface area contributed by atoms with Crippen LogP contribution in [0.25, 0.3) is 10.9 Å². The fraction of sp³-hybridized carbons (Fsp3) is 0.179. The number of carbonyl (C=O) groups excluding carboxylic acids is 3. The average Bonchev–Trinajstić information content (AvgIpc) is 3.28. The minimum absolute atomic E-state index is 0.141. The summed E-state index contributed by atoms with van der Waals surface area (Å²) in [5.41, 5.74) is 3.87. The standard InChI is InChI=1S/C28H26N4O4/c1-36-18-12-10-17(11-13-18)21(22-16-29-23-8-4-2-6-19(22)23)15-30-26(33)14-25-28(35)31-24-9-5-3-7-20(24)27(34)32-25/h2-13,16,21,25,29H,14-15H2,1H3,(H,30,33)(H,31,35)(H,32,34)/t21-,25-/m0/s1. The Balaban J connectivity index is 1.33. The van der Waals surface area contributed by atoms with Gasteiger partial charge in [-0.05, 0) is 41.5 Å². The quantitative estimate of drug-likeness (QED) is 0.323. The van der Waals surface area contributed by atoms with Gasteiger partial charge in [0.2, 0.25) is 11.8 Å². The number of hydrogen-bond acceptors (Lipinski definition) is 4. The lowest BCUT2D eigenvalue weighted by Gasteiger charge is -2.20. The lowest BCUT2D eigenvalue weighted by Crippen LogP contribution is -2.45. The highest BCUT2D eigenvalue weighted by Gasteiger charge is 2.29. The van der Waals surface area contributed by atoms with Gasteiger partial charge in [0.25, 0.3) is 5.91 Å². The molecule has 0 aliphatic carbocycles. The number of carbonyl (C=O) groups is 3. The van der Waals surface area contributed by atoms with E-state index >= 15 is 0 Å². The van der Waals surface area contributed by atoms with Gasteiger partial charge in [0.1, 0.15) is 11.8 Å². The molecule has 1 aliphatic rings. The predicted molar refractivity (Wildman–Crippen MR) is 137 cm³/mol. The SMILES string of the molecule is COc1ccc([C@H](CNC(=O)C[C@@H]2NC(=O)c3ccccc3NC2=O)c2c[nH]c3ccccc23)cc1. The average molecular weight is 483 g/mol. The lowest BCUT2D eigenvalue weighted by molar-refractivity contribution is -0.125. The largest absolute Gasteiger partial charge is 0.497 e. The number of hydrogen-bond donors (Lipinski definition) is 4. The van der Waals surface area contributed by atoms with E-state index in [1.54, 1.807) is 31.4 Å². The van der Waals surface area contributed by atoms with Crippen LogP contribution in [0.1, 0.15) is 33.8 Å². The maximum Gasteiger partial charge on any atom is 0.254 e. The van der Waals surface area contributed by atoms with Crippen LogP contribution in [0.4, 0.5) is 5.69 Å². The van der Waals surface area contributed by atoms with E-state index in [0.717, 1.165) is 27.8 Å². The number of para-hydroxylation sites is 2. The van der Waals surface area contributed by atoms with E-state index in [0.29, 0.717) is 17.8 Å². The summed E-state index contributed by atoms with van der Waals surface area (Å²) in [6, 6.07) is 21.5. The number of aromatic nitrogens is 1. The van der Waals surface area contributed by atoms with Crippen molar-refractivity contribution in [3.05, 3.63) is 95.7 Å². The Morgan fingerprint density at radius 1 is 1.00 bits per heavy atom. The van der Waals surface area contributed by atoms with Crippen molar-refractivity contribution in [3.8, 4) is 5.75 Å². The smallest absolute Gasteiger partial charge is 0.254 e. The van der Waals surface area contributed by atoms with E-state index in [1.165, 1.54) is 0 Å². The Morgan fingerprint density at radius 2 is 1.75 bits per heavy atom. The third kappa shape index (κ3) is 4.65. The summed E-state index contributed by atoms with van der Waals surface area (Å²) in [6.07, 6.45) is 1.79. The fourth-order valence-electron chi connectivity index (χ4n) is 4.55. The normalized spacial score (nSPS) is 15.9. The van der Waals surface area contributed by atoms with Gasteiger partial charge in [-0.15, -0.1) is 0 Å². The molecule has 1 aliphatic heterocycles. The van der Waals surface area contributed by atoms with Gasteiger partial charge >= 0.3 is 0 Å². The van der Waals surface area contributed by atoms with Crippen LogP contribution in [0.3, 0.4) is 0 Å². The van der Waals surface area contributed by atoms with Gasteiger partial charge in [0.05, 0.1) is 24.8 Å². The molecule has 4 N–H and O–H groups in total. The molecule has 0 saturated carbocycles. The molecule has 8 nitrogen and oxygen atoms in total. The Hall–Kier alpha value is -4.59. The second-order valence-corrected chi connectivity index (χ2v) is 8.68. The van der Waals surface area contributed by atoms with Gasteiger partial charge in [0.15, 0.2) is 0 Å². The molecular weight excluding hydrogens is 456 g/mol. The number of H-pyrrole nitrogens is 1. The number of aromatic amines is 1. The first-order chi connectivity index (χ1) is 17.5. The topological polar surface area (TPSA) is 112 Å². The Bertz CT molecular complexity index is 1430. The van der Waals surface area contributed by atoms with Crippen molar-refractivity contribution in [2.45, 2.75) is 18.4 Å². The molecule has 0 spiro atoms. The summed E-state index contributed by atoms with van der Waals surface area (Å²) >= 11 is 0. The summed E-state index contributed by atoms with van der Waals surface area (Å²) in [4.78, 5) is 41.5. The minimum Gasteiger partial charge on any atom is -0.497 e. The molecule has 36 heavy (non-hydrogen) atoms. The molecule has 0 bridgehead atoms. The lowest BCUT2D eigenvalue weighted by atomic mass is 9.90. The predicted octanol–water partition coefficient (Wildman–Crippen LogP) is 3.57. The third-order valence-corrected chi connectivity index (χ3v) is 6.46. The number of amides is 3. The highest BCUT2D eigenvalue weighted by Crippen LogP contribution is 2.31. The van der Waals surface area contributed by atoms with Gasteiger partial charge in [0, 0.05) is 29.6 Å². The van der Waals surface area contributed by atoms with Crippen molar-refractivity contribution in [2.75, 3.05) is 19.0 Å². The van der Waals surface area contributed by atoms with Crippen LogP contribution in [0, 0.1) is 0 Å². The first-order valence-electron chi connectivity index (χ1n) is 11.7. The summed E-state index contributed by atoms with van der Waals surface area (Å²) < 4.78 is 5.30. The second-order valence-electron chi connectivity index (χ2n) is 8.68. The maximum atomic E-state index is 12.9. The summed E-state index contributed by atoms with van der Waals surface area (Å²) in [5.74, 6) is -0.544. The number of anilines is 1. The first-order valence-corrected chi connectivity index (χ1v) is 11.7. The number of ether oxygens (including phenoxy) is 1. The number of fused-ring (bicyclic) bond motifs is 2. The Labute approximate surface area is 208 Å². The molecule has 2 atom stereocenters. The molecule has 0 saturated heterocycles. The highest BCUT2D eigenvalue weighted by molar-refractivity contribution is 6.10. The van der Waals surface area contributed by atoms with Crippen molar-refractivity contribution in [2.24, 2.45) is 0 Å². The van der Waals surface area contributed by atoms with Gasteiger partial charge in [-0.3, -0.25) is 14.4 Å². The molecule has 0 unspecified atom stereocenters. The molecule has 5 rings (SSSR count). The van der Waals surface area contributed by atoms with Crippen molar-refractivity contribution >= 4 is 34.3 Å². The third-order valence-electron chi connectivity index (χ3n) is 6.46. The molecule has 4 aromatic rings. The van der Waals surface area contributed by atoms with E-state index < -0.39 is 17.9 Å². The fourth-order valence-corrected chi connectivity index (χ4v) is 4.55. The van der Waals surface area contributed by atoms with E-state index in [-0.39, 0.29) is 18.2 Å². The van der Waals surface area contributed by atoms with Crippen LogP contribution in [0.5, 0.6) is 5.75 Å². The summed E-state index contributed by atoms with van der Waals surface area (Å²) in [7, 11) is 1.62. The van der Waals surface area contributed by atoms with Crippen molar-refractivity contribution in [1.82, 2.24) is 15.6 Å². The van der Waals surface area contributed by atoms with E-state index in [9.17, 15) is 14.4 Å². The number of methoxy groups -OCH3 is 1. The second kappa shape index (κ2) is 9.95. The molecule has 0 radical (unpaired) electrons. The van der Waals surface area contributed by atoms with Crippen LogP contribution in [0.15, 0.2) is 79.0 Å². The first kappa shape index (κ1) is 23.2. The van der Waals surface area contributed by atoms with Gasteiger partial charge in [-0.1, -0.05) is 42.5 Å². The van der Waals surface area contributed by atoms with E-state index in [4.69, 9.17) is 4.74 Å². The van der Waals surface area contributed by atoms with Crippen molar-refractivity contribution in [3.63, 3.8) is 0 Å². The summed E-state index contributed by atoms with van der Waals surface area (Å²) in [5, 5.41) is 9.44. The van der Waals surface area contributed by atoms with Crippen LogP contribution < -0.4 is 20.7 Å². The highest BCUT2D eigenvalue weighted by atomic mass is 16.5. The molecule has 1 aromatic heterocycles. The molecule has 3 aromatic carbocycles. The molecule has 182 valence electrons. The molecule has 0 fully saturated rings. The van der Waals surface area contributed by atoms with E-state index in [2.05, 4.69) is 20.9 Å². The van der Waals surface area contributed by atoms with Crippen LogP contribution in [0.2, 0.25) is 0 Å². The van der Waals surface area contributed by atoms with Crippen LogP contribution in [-0.2, 0) is 9.59 Å². The van der Waals surface area contributed by atoms with Crippen molar-refractivity contribution in [1.29, 1.82) is 0 Å². The number of benzene rings is 3. The van der Waals surface area contributed by atoms with Gasteiger partial charge < -0.3 is 25.7 Å². The van der Waals surface area contributed by atoms with Crippen LogP contribution in [-0.4, -0.2) is 42.4 Å². The molecule has 8 heteroatoms. The molecule has 3 amide bonds. The zero-order chi connectivity index (χ0) is 25.1. The Morgan fingerprint density at radius 3 is 2.56 bits per heavy atom. The van der Waals surface area contributed by atoms with Gasteiger partial charge in [-0.25, -0.2) is 0 Å². The number of nitrogens with one attached hydrogen (secondary N) is 4. The zero-order valence-electron chi connectivity index (χ0n) is 19.7. The minimum atomic E-state index is -0.975. The summed E-state index contributed by atoms with van der Waals surface area (Å²) in [6.45, 7) is 0.315. The molecule has 2 heterocycles. The number of rotatable bonds is 7. The maximum absolute atomic E-state index is 12.9. The van der Waals surface area contributed by atoms with Gasteiger partial charge in [-0.2, -0.15) is 0 Å². The van der Waals surface area contributed by atoms with E-state index in [1.807, 2.05) is 54.7 Å². The monoisotopic (exact) mass is 482 g/mol. The van der Waals surface area contributed by atoms with Crippen molar-refractivity contribution < 1.29 is 19.1 Å². The zero-order valence-corrected chi connectivity index (χ0v) is 19.7. The van der Waals surface area contributed by atoms with Crippen LogP contribution >= 0.6 is 0 Å². The molecular formula is C28H26N4O4.